The number of hydrogen-bond donors (Lipinski definition) is 0. The molecule has 0 N–H and O–H groups in total. The van der Waals surface area contributed by atoms with Gasteiger partial charge in [0.2, 0.25) is 5.91 Å². The average molecular weight is 454 g/mol. The highest BCUT2D eigenvalue weighted by Gasteiger charge is 2.37. The van der Waals surface area contributed by atoms with Gasteiger partial charge in [0, 0.05) is 38.8 Å². The van der Waals surface area contributed by atoms with E-state index in [1.54, 1.807) is 24.1 Å². The molecule has 0 unspecified atom stereocenters. The Morgan fingerprint density at radius 1 is 0.909 bits per heavy atom. The van der Waals surface area contributed by atoms with Crippen molar-refractivity contribution in [1.29, 1.82) is 0 Å². The van der Waals surface area contributed by atoms with Crippen LogP contribution >= 0.6 is 0 Å². The second kappa shape index (κ2) is 10.0. The van der Waals surface area contributed by atoms with Gasteiger partial charge in [-0.15, -0.1) is 0 Å². The van der Waals surface area contributed by atoms with Gasteiger partial charge in [0.25, 0.3) is 0 Å². The third-order valence-corrected chi connectivity index (χ3v) is 6.40. The zero-order valence-electron chi connectivity index (χ0n) is 18.7. The van der Waals surface area contributed by atoms with Crippen molar-refractivity contribution in [2.75, 3.05) is 33.3 Å². The Labute approximate surface area is 192 Å². The highest BCUT2D eigenvalue weighted by molar-refractivity contribution is 6.35. The monoisotopic (exact) mass is 453 g/mol. The quantitative estimate of drug-likeness (QED) is 0.629. The Hall–Kier alpha value is -3.42. The molecule has 4 rings (SSSR count). The van der Waals surface area contributed by atoms with E-state index in [0.29, 0.717) is 45.4 Å². The van der Waals surface area contributed by atoms with Crippen molar-refractivity contribution in [3.63, 3.8) is 0 Å². The van der Waals surface area contributed by atoms with Crippen LogP contribution in [-0.4, -0.2) is 71.8 Å². The van der Waals surface area contributed by atoms with E-state index in [-0.39, 0.29) is 24.3 Å². The van der Waals surface area contributed by atoms with E-state index in [1.807, 2.05) is 29.2 Å². The van der Waals surface area contributed by atoms with Crippen LogP contribution in [0.1, 0.15) is 24.0 Å². The molecular formula is C25H28FN3O4. The molecule has 7 nitrogen and oxygen atoms in total. The zero-order chi connectivity index (χ0) is 23.4. The van der Waals surface area contributed by atoms with Crippen LogP contribution in [0, 0.1) is 5.82 Å². The first-order valence-electron chi connectivity index (χ1n) is 11.2. The summed E-state index contributed by atoms with van der Waals surface area (Å²) in [6.45, 7) is 2.33. The van der Waals surface area contributed by atoms with Gasteiger partial charge < -0.3 is 19.4 Å². The number of piperidine rings is 1. The molecule has 2 aromatic carbocycles. The number of nitrogens with zero attached hydrogens (tertiary/aromatic N) is 3. The maximum absolute atomic E-state index is 13.1. The fraction of sp³-hybridized carbons (Fsp3) is 0.400. The molecule has 2 aromatic rings. The highest BCUT2D eigenvalue weighted by atomic mass is 19.1. The normalized spacial score (nSPS) is 17.5. The van der Waals surface area contributed by atoms with Gasteiger partial charge in [-0.2, -0.15) is 0 Å². The number of halogens is 1. The number of ether oxygens (including phenoxy) is 1. The number of rotatable bonds is 6. The number of hydrogen-bond acceptors (Lipinski definition) is 4. The summed E-state index contributed by atoms with van der Waals surface area (Å²) in [5, 5.41) is 0. The smallest absolute Gasteiger partial charge is 0.312 e. The first-order valence-corrected chi connectivity index (χ1v) is 11.2. The zero-order valence-corrected chi connectivity index (χ0v) is 18.7. The van der Waals surface area contributed by atoms with Crippen LogP contribution in [-0.2, 0) is 27.3 Å². The van der Waals surface area contributed by atoms with Gasteiger partial charge in [-0.1, -0.05) is 24.3 Å². The summed E-state index contributed by atoms with van der Waals surface area (Å²) in [7, 11) is 1.61. The molecule has 0 aliphatic carbocycles. The van der Waals surface area contributed by atoms with Gasteiger partial charge >= 0.3 is 11.8 Å². The first-order chi connectivity index (χ1) is 15.9. The lowest BCUT2D eigenvalue weighted by Crippen LogP contribution is -2.59. The summed E-state index contributed by atoms with van der Waals surface area (Å²) in [4.78, 5) is 43.1. The number of methoxy groups -OCH3 is 1. The Bertz CT molecular complexity index is 1000. The molecule has 3 amide bonds. The first kappa shape index (κ1) is 22.8. The highest BCUT2D eigenvalue weighted by Crippen LogP contribution is 2.21. The molecule has 2 aliphatic rings. The average Bonchev–Trinajstić information content (AvgIpc) is 2.84. The van der Waals surface area contributed by atoms with Crippen molar-refractivity contribution in [1.82, 2.24) is 14.7 Å². The lowest BCUT2D eigenvalue weighted by Gasteiger charge is -2.42. The molecular weight excluding hydrogens is 425 g/mol. The minimum Gasteiger partial charge on any atom is -0.497 e. The van der Waals surface area contributed by atoms with Crippen molar-refractivity contribution >= 4 is 17.7 Å². The Balaban J connectivity index is 1.27. The summed E-state index contributed by atoms with van der Waals surface area (Å²) < 4.78 is 18.3. The van der Waals surface area contributed by atoms with E-state index >= 15 is 0 Å². The van der Waals surface area contributed by atoms with Gasteiger partial charge in [0.1, 0.15) is 11.6 Å². The van der Waals surface area contributed by atoms with Crippen molar-refractivity contribution in [2.24, 2.45) is 0 Å². The number of carbonyl (C=O) groups excluding carboxylic acids is 3. The molecule has 0 radical (unpaired) electrons. The number of benzene rings is 2. The molecule has 2 fully saturated rings. The fourth-order valence-electron chi connectivity index (χ4n) is 4.46. The summed E-state index contributed by atoms with van der Waals surface area (Å²) in [6.07, 6.45) is 1.64. The molecule has 33 heavy (non-hydrogen) atoms. The molecule has 2 aliphatic heterocycles. The molecule has 0 atom stereocenters. The number of amides is 3. The van der Waals surface area contributed by atoms with Crippen molar-refractivity contribution in [2.45, 2.75) is 31.8 Å². The molecule has 2 heterocycles. The maximum Gasteiger partial charge on any atom is 0.312 e. The fourth-order valence-corrected chi connectivity index (χ4v) is 4.46. The Kier molecular flexibility index (Phi) is 6.91. The van der Waals surface area contributed by atoms with Gasteiger partial charge in [0.15, 0.2) is 0 Å². The van der Waals surface area contributed by atoms with Gasteiger partial charge in [0.05, 0.1) is 13.5 Å². The minimum absolute atomic E-state index is 0.0422. The van der Waals surface area contributed by atoms with E-state index in [9.17, 15) is 18.8 Å². The summed E-state index contributed by atoms with van der Waals surface area (Å²) in [6, 6.07) is 13.4. The van der Waals surface area contributed by atoms with Crippen LogP contribution in [0.5, 0.6) is 5.75 Å². The van der Waals surface area contributed by atoms with Crippen LogP contribution in [0.4, 0.5) is 4.39 Å². The summed E-state index contributed by atoms with van der Waals surface area (Å²) in [5.74, 6) is -0.538. The molecule has 8 heteroatoms. The number of piperazine rings is 1. The predicted octanol–water partition coefficient (Wildman–Crippen LogP) is 2.24. The number of likely N-dealkylation sites (tertiary alicyclic amines) is 1. The molecule has 0 saturated carbocycles. The van der Waals surface area contributed by atoms with Gasteiger partial charge in [-0.25, -0.2) is 4.39 Å². The lowest BCUT2D eigenvalue weighted by atomic mass is 10.0. The maximum atomic E-state index is 13.1. The molecule has 174 valence electrons. The van der Waals surface area contributed by atoms with E-state index in [1.165, 1.54) is 17.0 Å². The minimum atomic E-state index is -0.524. The Morgan fingerprint density at radius 2 is 1.55 bits per heavy atom. The van der Waals surface area contributed by atoms with E-state index in [4.69, 9.17) is 4.74 Å². The molecule has 0 spiro atoms. The topological polar surface area (TPSA) is 70.2 Å². The van der Waals surface area contributed by atoms with Crippen LogP contribution in [0.2, 0.25) is 0 Å². The number of carbonyl (C=O) groups is 3. The van der Waals surface area contributed by atoms with Crippen LogP contribution in [0.15, 0.2) is 48.5 Å². The SMILES string of the molecule is COc1ccc(CC(=O)N2CCC(N3CCN(Cc4ccc(F)cc4)C(=O)C3=O)CC2)cc1. The van der Waals surface area contributed by atoms with Crippen molar-refractivity contribution < 1.29 is 23.5 Å². The van der Waals surface area contributed by atoms with Gasteiger partial charge in [-0.3, -0.25) is 14.4 Å². The molecule has 0 bridgehead atoms. The van der Waals surface area contributed by atoms with Crippen LogP contribution in [0.25, 0.3) is 0 Å². The van der Waals surface area contributed by atoms with Crippen molar-refractivity contribution in [3.05, 3.63) is 65.5 Å². The van der Waals surface area contributed by atoms with Gasteiger partial charge in [-0.05, 0) is 48.2 Å². The largest absolute Gasteiger partial charge is 0.497 e. The summed E-state index contributed by atoms with van der Waals surface area (Å²) >= 11 is 0. The summed E-state index contributed by atoms with van der Waals surface area (Å²) in [5.41, 5.74) is 1.72. The second-order valence-electron chi connectivity index (χ2n) is 8.49. The standard InChI is InChI=1S/C25H28FN3O4/c1-33-22-8-4-18(5-9-22)16-23(30)27-12-10-21(11-13-27)29-15-14-28(24(31)25(29)32)17-19-2-6-20(26)7-3-19/h2-9,21H,10-17H2,1H3. The van der Waals surface area contributed by atoms with E-state index in [0.717, 1.165) is 16.9 Å². The molecule has 2 saturated heterocycles. The lowest BCUT2D eigenvalue weighted by molar-refractivity contribution is -0.159. The molecule has 0 aromatic heterocycles. The van der Waals surface area contributed by atoms with E-state index in [2.05, 4.69) is 0 Å². The van der Waals surface area contributed by atoms with Crippen LogP contribution < -0.4 is 4.74 Å². The predicted molar refractivity (Wildman–Crippen MR) is 120 cm³/mol. The third kappa shape index (κ3) is 5.32. The second-order valence-corrected chi connectivity index (χ2v) is 8.49. The Morgan fingerprint density at radius 3 is 2.18 bits per heavy atom. The third-order valence-electron chi connectivity index (χ3n) is 6.40. The van der Waals surface area contributed by atoms with Crippen LogP contribution in [0.3, 0.4) is 0 Å². The van der Waals surface area contributed by atoms with E-state index < -0.39 is 11.8 Å². The van der Waals surface area contributed by atoms with Crippen molar-refractivity contribution in [3.8, 4) is 5.75 Å².